The summed E-state index contributed by atoms with van der Waals surface area (Å²) >= 11 is 5.97. The molecule has 1 heterocycles. The number of carbonyl (C=O) groups is 2. The number of nitrogens with zero attached hydrogens (tertiary/aromatic N) is 1. The number of morpholine rings is 1. The molecule has 0 atom stereocenters. The highest BCUT2D eigenvalue weighted by atomic mass is 35.5. The molecular formula is C13H15ClN2O6S. The summed E-state index contributed by atoms with van der Waals surface area (Å²) in [5.74, 6) is -1.67. The van der Waals surface area contributed by atoms with Crippen molar-refractivity contribution in [1.82, 2.24) is 4.31 Å². The van der Waals surface area contributed by atoms with Gasteiger partial charge in [0, 0.05) is 13.1 Å². The van der Waals surface area contributed by atoms with Crippen molar-refractivity contribution in [3.63, 3.8) is 0 Å². The van der Waals surface area contributed by atoms with Gasteiger partial charge < -0.3 is 15.2 Å². The molecule has 1 amide bonds. The zero-order chi connectivity index (χ0) is 17.0. The van der Waals surface area contributed by atoms with E-state index in [4.69, 9.17) is 22.1 Å². The minimum atomic E-state index is -3.86. The summed E-state index contributed by atoms with van der Waals surface area (Å²) in [6, 6.07) is 3.72. The van der Waals surface area contributed by atoms with E-state index < -0.39 is 28.5 Å². The van der Waals surface area contributed by atoms with Crippen LogP contribution >= 0.6 is 11.6 Å². The number of benzene rings is 1. The average molecular weight is 363 g/mol. The molecule has 0 unspecified atom stereocenters. The highest BCUT2D eigenvalue weighted by molar-refractivity contribution is 7.89. The summed E-state index contributed by atoms with van der Waals surface area (Å²) in [6.45, 7) is 0.394. The number of nitrogens with two attached hydrogens (primary N) is 1. The van der Waals surface area contributed by atoms with Crippen LogP contribution in [0.25, 0.3) is 0 Å². The van der Waals surface area contributed by atoms with Crippen LogP contribution in [0.1, 0.15) is 10.4 Å². The molecule has 1 aliphatic rings. The summed E-state index contributed by atoms with van der Waals surface area (Å²) in [6.07, 6.45) is 0. The molecule has 0 spiro atoms. The molecule has 0 radical (unpaired) electrons. The number of amides is 1. The summed E-state index contributed by atoms with van der Waals surface area (Å²) in [7, 11) is -3.86. The third kappa shape index (κ3) is 4.20. The van der Waals surface area contributed by atoms with E-state index in [0.717, 1.165) is 6.07 Å². The fourth-order valence-electron chi connectivity index (χ4n) is 1.97. The van der Waals surface area contributed by atoms with Crippen LogP contribution in [-0.4, -0.2) is 57.5 Å². The van der Waals surface area contributed by atoms with Gasteiger partial charge in [-0.25, -0.2) is 13.2 Å². The van der Waals surface area contributed by atoms with E-state index in [1.54, 1.807) is 0 Å². The van der Waals surface area contributed by atoms with Gasteiger partial charge in [-0.2, -0.15) is 4.31 Å². The number of ether oxygens (including phenoxy) is 2. The van der Waals surface area contributed by atoms with Gasteiger partial charge in [-0.1, -0.05) is 11.6 Å². The number of rotatable bonds is 5. The molecule has 1 saturated heterocycles. The van der Waals surface area contributed by atoms with Crippen LogP contribution in [0.15, 0.2) is 23.1 Å². The third-order valence-electron chi connectivity index (χ3n) is 3.10. The Morgan fingerprint density at radius 3 is 2.57 bits per heavy atom. The Bertz CT molecular complexity index is 715. The molecule has 10 heteroatoms. The number of primary amides is 1. The largest absolute Gasteiger partial charge is 0.452 e. The molecule has 1 aromatic rings. The monoisotopic (exact) mass is 362 g/mol. The van der Waals surface area contributed by atoms with Crippen LogP contribution in [0.2, 0.25) is 5.02 Å². The molecule has 0 aromatic heterocycles. The summed E-state index contributed by atoms with van der Waals surface area (Å²) < 4.78 is 36.2. The highest BCUT2D eigenvalue weighted by Crippen LogP contribution is 2.26. The van der Waals surface area contributed by atoms with E-state index in [0.29, 0.717) is 0 Å². The molecule has 2 N–H and O–H groups in total. The molecule has 23 heavy (non-hydrogen) atoms. The lowest BCUT2D eigenvalue weighted by Gasteiger charge is -2.26. The van der Waals surface area contributed by atoms with E-state index >= 15 is 0 Å². The Hall–Kier alpha value is -1.68. The van der Waals surface area contributed by atoms with Gasteiger partial charge in [-0.3, -0.25) is 4.79 Å². The number of esters is 1. The molecule has 0 saturated carbocycles. The van der Waals surface area contributed by atoms with Crippen LogP contribution in [0.4, 0.5) is 0 Å². The molecule has 2 rings (SSSR count). The standard InChI is InChI=1S/C13H15ClN2O6S/c14-10-2-1-9(13(18)22-8-12(15)17)7-11(10)23(19,20)16-3-5-21-6-4-16/h1-2,7H,3-6,8H2,(H2,15,17). The van der Waals surface area contributed by atoms with Crippen LogP contribution in [0, 0.1) is 0 Å². The molecule has 0 aliphatic carbocycles. The molecule has 1 aromatic carbocycles. The Kier molecular flexibility index (Phi) is 5.58. The second kappa shape index (κ2) is 7.26. The van der Waals surface area contributed by atoms with Gasteiger partial charge >= 0.3 is 5.97 Å². The summed E-state index contributed by atoms with van der Waals surface area (Å²) in [4.78, 5) is 22.2. The predicted molar refractivity (Wildman–Crippen MR) is 80.5 cm³/mol. The first-order valence-electron chi connectivity index (χ1n) is 6.65. The zero-order valence-electron chi connectivity index (χ0n) is 12.0. The quantitative estimate of drug-likeness (QED) is 0.737. The van der Waals surface area contributed by atoms with E-state index in [9.17, 15) is 18.0 Å². The highest BCUT2D eigenvalue weighted by Gasteiger charge is 2.29. The molecule has 0 bridgehead atoms. The molecule has 8 nitrogen and oxygen atoms in total. The maximum absolute atomic E-state index is 12.6. The first kappa shape index (κ1) is 17.7. The third-order valence-corrected chi connectivity index (χ3v) is 5.48. The normalized spacial score (nSPS) is 16.0. The van der Waals surface area contributed by atoms with Crippen molar-refractivity contribution in [2.24, 2.45) is 5.73 Å². The van der Waals surface area contributed by atoms with Crippen LogP contribution in [-0.2, 0) is 24.3 Å². The van der Waals surface area contributed by atoms with Crippen LogP contribution in [0.5, 0.6) is 0 Å². The molecule has 126 valence electrons. The zero-order valence-corrected chi connectivity index (χ0v) is 13.6. The summed E-state index contributed by atoms with van der Waals surface area (Å²) in [5.41, 5.74) is 4.85. The van der Waals surface area contributed by atoms with E-state index in [1.807, 2.05) is 0 Å². The topological polar surface area (TPSA) is 116 Å². The van der Waals surface area contributed by atoms with Gasteiger partial charge in [0.15, 0.2) is 6.61 Å². The Morgan fingerprint density at radius 2 is 1.96 bits per heavy atom. The van der Waals surface area contributed by atoms with Gasteiger partial charge in [0.25, 0.3) is 5.91 Å². The number of hydrogen-bond acceptors (Lipinski definition) is 6. The predicted octanol–water partition coefficient (Wildman–Crippen LogP) is 0.00300. The Balaban J connectivity index is 2.29. The van der Waals surface area contributed by atoms with Gasteiger partial charge in [-0.15, -0.1) is 0 Å². The number of hydrogen-bond donors (Lipinski definition) is 1. The van der Waals surface area contributed by atoms with Crippen molar-refractivity contribution in [3.8, 4) is 0 Å². The average Bonchev–Trinajstić information content (AvgIpc) is 2.53. The summed E-state index contributed by atoms with van der Waals surface area (Å²) in [5, 5.41) is -0.0112. The number of halogens is 1. The van der Waals surface area contributed by atoms with Gasteiger partial charge in [-0.05, 0) is 18.2 Å². The first-order chi connectivity index (χ1) is 10.8. The Morgan fingerprint density at radius 1 is 1.30 bits per heavy atom. The van der Waals surface area contributed by atoms with Gasteiger partial charge in [0.2, 0.25) is 10.0 Å². The minimum Gasteiger partial charge on any atom is -0.452 e. The lowest BCUT2D eigenvalue weighted by atomic mass is 10.2. The second-order valence-electron chi connectivity index (χ2n) is 4.70. The van der Waals surface area contributed by atoms with Crippen molar-refractivity contribution in [1.29, 1.82) is 0 Å². The molecule has 1 fully saturated rings. The SMILES string of the molecule is NC(=O)COC(=O)c1ccc(Cl)c(S(=O)(=O)N2CCOCC2)c1. The fourth-order valence-corrected chi connectivity index (χ4v) is 3.88. The van der Waals surface area contributed by atoms with E-state index in [-0.39, 0.29) is 41.8 Å². The first-order valence-corrected chi connectivity index (χ1v) is 8.47. The number of sulfonamides is 1. The van der Waals surface area contributed by atoms with Crippen molar-refractivity contribution in [3.05, 3.63) is 28.8 Å². The van der Waals surface area contributed by atoms with E-state index in [2.05, 4.69) is 4.74 Å². The van der Waals surface area contributed by atoms with Gasteiger partial charge in [0.05, 0.1) is 23.8 Å². The van der Waals surface area contributed by atoms with E-state index in [1.165, 1.54) is 16.4 Å². The molecular weight excluding hydrogens is 348 g/mol. The lowest BCUT2D eigenvalue weighted by molar-refractivity contribution is -0.121. The number of carbonyl (C=O) groups excluding carboxylic acids is 2. The van der Waals surface area contributed by atoms with Crippen molar-refractivity contribution >= 4 is 33.5 Å². The lowest BCUT2D eigenvalue weighted by Crippen LogP contribution is -2.40. The molecule has 1 aliphatic heterocycles. The maximum atomic E-state index is 12.6. The minimum absolute atomic E-state index is 0.0112. The van der Waals surface area contributed by atoms with Crippen molar-refractivity contribution in [2.45, 2.75) is 4.90 Å². The smallest absolute Gasteiger partial charge is 0.338 e. The van der Waals surface area contributed by atoms with Crippen molar-refractivity contribution < 1.29 is 27.5 Å². The second-order valence-corrected chi connectivity index (χ2v) is 7.02. The Labute approximate surface area is 138 Å². The van der Waals surface area contributed by atoms with Crippen LogP contribution < -0.4 is 5.73 Å². The van der Waals surface area contributed by atoms with Crippen LogP contribution in [0.3, 0.4) is 0 Å². The van der Waals surface area contributed by atoms with Crippen molar-refractivity contribution in [2.75, 3.05) is 32.9 Å². The van der Waals surface area contributed by atoms with Gasteiger partial charge in [0.1, 0.15) is 4.90 Å². The maximum Gasteiger partial charge on any atom is 0.338 e. The fraction of sp³-hybridized carbons (Fsp3) is 0.385.